The average Bonchev–Trinajstić information content (AvgIpc) is 2.33. The summed E-state index contributed by atoms with van der Waals surface area (Å²) in [5, 5.41) is 0. The summed E-state index contributed by atoms with van der Waals surface area (Å²) in [6, 6.07) is 0. The molecule has 0 aromatic rings. The lowest BCUT2D eigenvalue weighted by Gasteiger charge is -2.45. The minimum Gasteiger partial charge on any atom is -0.309 e. The molecule has 0 aromatic heterocycles. The Morgan fingerprint density at radius 1 is 0.889 bits per heavy atom. The van der Waals surface area contributed by atoms with E-state index in [-0.39, 0.29) is 11.8 Å². The third-order valence-electron chi connectivity index (χ3n) is 3.73. The van der Waals surface area contributed by atoms with Crippen LogP contribution in [0.5, 0.6) is 0 Å². The zero-order valence-corrected chi connectivity index (χ0v) is 11.1. The molecule has 18 heavy (non-hydrogen) atoms. The fraction of sp³-hybridized carbons (Fsp3) is 0.800. The lowest BCUT2D eigenvalue weighted by Crippen LogP contribution is -2.67. The zero-order chi connectivity index (χ0) is 13.8. The number of carbonyl (C=O) groups excluding carboxylic acids is 2. The van der Waals surface area contributed by atoms with Gasteiger partial charge < -0.3 is 8.97 Å². The van der Waals surface area contributed by atoms with Crippen LogP contribution >= 0.6 is 0 Å². The highest BCUT2D eigenvalue weighted by molar-refractivity contribution is 5.76. The number of nitrogens with zero attached hydrogens (tertiary/aromatic N) is 2. The van der Waals surface area contributed by atoms with Gasteiger partial charge in [0.05, 0.1) is 14.1 Å². The number of amides is 2. The number of hydrazine groups is 2. The highest BCUT2D eigenvalue weighted by Gasteiger charge is 2.39. The van der Waals surface area contributed by atoms with Gasteiger partial charge in [-0.1, -0.05) is 0 Å². The van der Waals surface area contributed by atoms with Gasteiger partial charge in [-0.3, -0.25) is 20.4 Å². The van der Waals surface area contributed by atoms with Gasteiger partial charge in [-0.05, 0) is 0 Å². The van der Waals surface area contributed by atoms with E-state index in [0.29, 0.717) is 22.1 Å². The van der Waals surface area contributed by atoms with Crippen molar-refractivity contribution in [3.05, 3.63) is 0 Å². The van der Waals surface area contributed by atoms with Crippen LogP contribution in [0.1, 0.15) is 0 Å². The van der Waals surface area contributed by atoms with Crippen molar-refractivity contribution in [1.82, 2.24) is 10.9 Å². The molecule has 6 N–H and O–H groups in total. The van der Waals surface area contributed by atoms with Crippen molar-refractivity contribution in [2.75, 3.05) is 53.4 Å². The Labute approximate surface area is 107 Å². The summed E-state index contributed by atoms with van der Waals surface area (Å²) in [4.78, 5) is 22.7. The largest absolute Gasteiger partial charge is 0.309 e. The first kappa shape index (κ1) is 14.8. The summed E-state index contributed by atoms with van der Waals surface area (Å²) in [5.41, 5.74) is 4.32. The second-order valence-corrected chi connectivity index (χ2v) is 5.58. The van der Waals surface area contributed by atoms with E-state index in [1.807, 2.05) is 14.1 Å². The average molecular weight is 260 g/mol. The van der Waals surface area contributed by atoms with E-state index in [2.05, 4.69) is 10.9 Å². The maximum atomic E-state index is 11.3. The quantitative estimate of drug-likeness (QED) is 0.185. The van der Waals surface area contributed by atoms with Crippen molar-refractivity contribution < 1.29 is 18.6 Å². The summed E-state index contributed by atoms with van der Waals surface area (Å²) in [5.74, 6) is 9.89. The Balaban J connectivity index is 2.53. The topological polar surface area (TPSA) is 110 Å². The Morgan fingerprint density at radius 3 is 1.39 bits per heavy atom. The van der Waals surface area contributed by atoms with Crippen molar-refractivity contribution in [1.29, 1.82) is 0 Å². The van der Waals surface area contributed by atoms with Gasteiger partial charge in [-0.15, -0.1) is 0 Å². The van der Waals surface area contributed by atoms with Gasteiger partial charge in [0.15, 0.2) is 13.1 Å². The molecule has 0 spiro atoms. The number of carbonyl (C=O) groups is 2. The van der Waals surface area contributed by atoms with E-state index in [0.717, 1.165) is 26.2 Å². The number of hydrogen-bond donors (Lipinski definition) is 4. The molecule has 1 heterocycles. The second-order valence-electron chi connectivity index (χ2n) is 5.58. The number of nitrogens with one attached hydrogen (secondary N) is 2. The molecule has 0 radical (unpaired) electrons. The van der Waals surface area contributed by atoms with E-state index >= 15 is 0 Å². The maximum absolute atomic E-state index is 11.3. The first-order chi connectivity index (χ1) is 8.32. The summed E-state index contributed by atoms with van der Waals surface area (Å²) in [7, 11) is 4.06. The van der Waals surface area contributed by atoms with Crippen molar-refractivity contribution in [3.63, 3.8) is 0 Å². The zero-order valence-electron chi connectivity index (χ0n) is 11.1. The van der Waals surface area contributed by atoms with Gasteiger partial charge in [-0.25, -0.2) is 11.7 Å². The first-order valence-corrected chi connectivity index (χ1v) is 5.98. The van der Waals surface area contributed by atoms with Crippen molar-refractivity contribution in [3.8, 4) is 0 Å². The minimum atomic E-state index is -0.159. The molecule has 0 atom stereocenters. The Kier molecular flexibility index (Phi) is 4.63. The molecular formula is C10H24N6O2+2. The molecule has 0 bridgehead atoms. The molecule has 104 valence electrons. The fourth-order valence-electron chi connectivity index (χ4n) is 2.29. The van der Waals surface area contributed by atoms with Crippen LogP contribution < -0.4 is 22.5 Å². The van der Waals surface area contributed by atoms with Gasteiger partial charge in [0.2, 0.25) is 0 Å². The van der Waals surface area contributed by atoms with Crippen LogP contribution in [0.25, 0.3) is 0 Å². The molecule has 0 aromatic carbocycles. The van der Waals surface area contributed by atoms with E-state index in [1.165, 1.54) is 0 Å². The predicted octanol–water partition coefficient (Wildman–Crippen LogP) is -3.13. The number of likely N-dealkylation sites (N-methyl/N-ethyl adjacent to an activating group) is 2. The number of nitrogens with two attached hydrogens (primary N) is 2. The van der Waals surface area contributed by atoms with Gasteiger partial charge in [0.1, 0.15) is 26.2 Å². The van der Waals surface area contributed by atoms with Crippen LogP contribution in [0.3, 0.4) is 0 Å². The highest BCUT2D eigenvalue weighted by atomic mass is 16.2. The number of quaternary nitrogens is 2. The number of piperazine rings is 1. The van der Waals surface area contributed by atoms with E-state index in [9.17, 15) is 9.59 Å². The monoisotopic (exact) mass is 260 g/mol. The molecule has 0 saturated carbocycles. The van der Waals surface area contributed by atoms with Gasteiger partial charge in [0.25, 0.3) is 11.8 Å². The molecule has 1 saturated heterocycles. The van der Waals surface area contributed by atoms with Crippen molar-refractivity contribution in [2.45, 2.75) is 0 Å². The molecule has 0 unspecified atom stereocenters. The standard InChI is InChI=1S/C10H22N6O2/c1-15(7-9(17)13-11)3-5-16(2,6-4-15)8-10(18)14-12/h3-8,11-12H2,1-2H3/p+2. The minimum absolute atomic E-state index is 0.159. The molecule has 1 fully saturated rings. The SMILES string of the molecule is C[N+]1(CC(=O)NN)CC[N+](C)(CC(=O)NN)CC1. The van der Waals surface area contributed by atoms with Gasteiger partial charge in [-0.2, -0.15) is 0 Å². The second kappa shape index (κ2) is 5.61. The Morgan fingerprint density at radius 2 is 1.17 bits per heavy atom. The van der Waals surface area contributed by atoms with Crippen LogP contribution in [0.4, 0.5) is 0 Å². The molecule has 8 nitrogen and oxygen atoms in total. The molecule has 1 aliphatic heterocycles. The first-order valence-electron chi connectivity index (χ1n) is 5.98. The van der Waals surface area contributed by atoms with Crippen molar-refractivity contribution >= 4 is 11.8 Å². The summed E-state index contributed by atoms with van der Waals surface area (Å²) in [6.07, 6.45) is 0. The van der Waals surface area contributed by atoms with E-state index < -0.39 is 0 Å². The van der Waals surface area contributed by atoms with Crippen LogP contribution in [-0.4, -0.2) is 74.1 Å². The smallest absolute Gasteiger partial charge is 0.289 e. The van der Waals surface area contributed by atoms with E-state index in [4.69, 9.17) is 11.7 Å². The van der Waals surface area contributed by atoms with Crippen LogP contribution in [0.15, 0.2) is 0 Å². The van der Waals surface area contributed by atoms with E-state index in [1.54, 1.807) is 0 Å². The third kappa shape index (κ3) is 3.91. The lowest BCUT2D eigenvalue weighted by atomic mass is 10.2. The van der Waals surface area contributed by atoms with Crippen LogP contribution in [-0.2, 0) is 9.59 Å². The molecule has 1 aliphatic rings. The molecule has 8 heteroatoms. The number of rotatable bonds is 4. The Bertz CT molecular complexity index is 292. The molecule has 0 aliphatic carbocycles. The molecular weight excluding hydrogens is 236 g/mol. The summed E-state index contributed by atoms with van der Waals surface area (Å²) >= 11 is 0. The normalized spacial score (nSPS) is 31.8. The highest BCUT2D eigenvalue weighted by Crippen LogP contribution is 2.15. The fourth-order valence-corrected chi connectivity index (χ4v) is 2.29. The van der Waals surface area contributed by atoms with Crippen LogP contribution in [0, 0.1) is 0 Å². The van der Waals surface area contributed by atoms with Gasteiger partial charge in [0, 0.05) is 0 Å². The third-order valence-corrected chi connectivity index (χ3v) is 3.73. The summed E-state index contributed by atoms with van der Waals surface area (Å²) < 4.78 is 1.31. The predicted molar refractivity (Wildman–Crippen MR) is 66.2 cm³/mol. The molecule has 2 amide bonds. The molecule has 1 rings (SSSR count). The Hall–Kier alpha value is -1.22. The summed E-state index contributed by atoms with van der Waals surface area (Å²) in [6.45, 7) is 4.09. The number of hydrogen-bond acceptors (Lipinski definition) is 4. The lowest BCUT2D eigenvalue weighted by molar-refractivity contribution is -1.01. The van der Waals surface area contributed by atoms with Crippen molar-refractivity contribution in [2.24, 2.45) is 11.7 Å². The van der Waals surface area contributed by atoms with Gasteiger partial charge >= 0.3 is 0 Å². The van der Waals surface area contributed by atoms with Crippen LogP contribution in [0.2, 0.25) is 0 Å². The maximum Gasteiger partial charge on any atom is 0.289 e.